The highest BCUT2D eigenvalue weighted by molar-refractivity contribution is 5.49. The SMILES string of the molecule is Cc1cc(NCC2=CCCCC2)n2nccc2n1. The fourth-order valence-electron chi connectivity index (χ4n) is 2.43. The van der Waals surface area contributed by atoms with E-state index in [0.29, 0.717) is 0 Å². The van der Waals surface area contributed by atoms with Gasteiger partial charge in [-0.3, -0.25) is 0 Å². The van der Waals surface area contributed by atoms with Gasteiger partial charge in [0.2, 0.25) is 0 Å². The van der Waals surface area contributed by atoms with Crippen molar-refractivity contribution in [1.82, 2.24) is 14.6 Å². The molecule has 0 atom stereocenters. The lowest BCUT2D eigenvalue weighted by atomic mass is 10.00. The number of anilines is 1. The third-order valence-corrected chi connectivity index (χ3v) is 3.37. The molecule has 0 saturated heterocycles. The Labute approximate surface area is 107 Å². The van der Waals surface area contributed by atoms with Gasteiger partial charge in [0.05, 0.1) is 6.20 Å². The topological polar surface area (TPSA) is 42.2 Å². The summed E-state index contributed by atoms with van der Waals surface area (Å²) in [5.74, 6) is 1.02. The number of allylic oxidation sites excluding steroid dienone is 1. The van der Waals surface area contributed by atoms with Crippen LogP contribution in [0.15, 0.2) is 30.0 Å². The number of aromatic nitrogens is 3. The first kappa shape index (κ1) is 11.3. The molecule has 1 N–H and O–H groups in total. The van der Waals surface area contributed by atoms with E-state index in [-0.39, 0.29) is 0 Å². The summed E-state index contributed by atoms with van der Waals surface area (Å²) in [6.07, 6.45) is 9.25. The minimum atomic E-state index is 0.898. The van der Waals surface area contributed by atoms with Crippen LogP contribution in [0.2, 0.25) is 0 Å². The number of hydrogen-bond acceptors (Lipinski definition) is 3. The van der Waals surface area contributed by atoms with Gasteiger partial charge in [-0.25, -0.2) is 4.98 Å². The molecule has 2 aromatic heterocycles. The number of fused-ring (bicyclic) bond motifs is 1. The molecule has 2 aromatic rings. The Morgan fingerprint density at radius 1 is 1.39 bits per heavy atom. The lowest BCUT2D eigenvalue weighted by Gasteiger charge is -2.15. The van der Waals surface area contributed by atoms with Crippen molar-refractivity contribution in [3.05, 3.63) is 35.7 Å². The maximum absolute atomic E-state index is 4.44. The second kappa shape index (κ2) is 4.80. The third-order valence-electron chi connectivity index (χ3n) is 3.37. The summed E-state index contributed by atoms with van der Waals surface area (Å²) in [6, 6.07) is 3.97. The van der Waals surface area contributed by atoms with Crippen LogP contribution in [0.1, 0.15) is 31.4 Å². The van der Waals surface area contributed by atoms with E-state index in [9.17, 15) is 0 Å². The van der Waals surface area contributed by atoms with Crippen LogP contribution in [0, 0.1) is 6.92 Å². The first-order valence-corrected chi connectivity index (χ1v) is 6.56. The average Bonchev–Trinajstić information content (AvgIpc) is 2.85. The molecule has 18 heavy (non-hydrogen) atoms. The molecule has 4 heteroatoms. The molecule has 1 aliphatic carbocycles. The maximum Gasteiger partial charge on any atom is 0.157 e. The van der Waals surface area contributed by atoms with Gasteiger partial charge in [-0.2, -0.15) is 9.61 Å². The van der Waals surface area contributed by atoms with Gasteiger partial charge in [-0.05, 0) is 32.6 Å². The van der Waals surface area contributed by atoms with E-state index < -0.39 is 0 Å². The van der Waals surface area contributed by atoms with Crippen LogP contribution >= 0.6 is 0 Å². The molecule has 3 rings (SSSR count). The number of hydrogen-bond donors (Lipinski definition) is 1. The predicted molar refractivity (Wildman–Crippen MR) is 72.8 cm³/mol. The Balaban J connectivity index is 1.81. The zero-order valence-corrected chi connectivity index (χ0v) is 10.7. The van der Waals surface area contributed by atoms with Gasteiger partial charge >= 0.3 is 0 Å². The van der Waals surface area contributed by atoms with Crippen LogP contribution in [0.25, 0.3) is 5.65 Å². The zero-order chi connectivity index (χ0) is 12.4. The van der Waals surface area contributed by atoms with Gasteiger partial charge in [0.1, 0.15) is 5.82 Å². The van der Waals surface area contributed by atoms with E-state index >= 15 is 0 Å². The normalized spacial score (nSPS) is 15.7. The van der Waals surface area contributed by atoms with Gasteiger partial charge in [0.25, 0.3) is 0 Å². The molecule has 0 saturated carbocycles. The molecule has 1 aliphatic rings. The highest BCUT2D eigenvalue weighted by Gasteiger charge is 2.06. The molecule has 0 radical (unpaired) electrons. The van der Waals surface area contributed by atoms with Gasteiger partial charge in [0.15, 0.2) is 5.65 Å². The minimum absolute atomic E-state index is 0.898. The van der Waals surface area contributed by atoms with Crippen LogP contribution in [0.5, 0.6) is 0 Å². The monoisotopic (exact) mass is 242 g/mol. The van der Waals surface area contributed by atoms with E-state index in [2.05, 4.69) is 21.5 Å². The fraction of sp³-hybridized carbons (Fsp3) is 0.429. The summed E-state index contributed by atoms with van der Waals surface area (Å²) in [5, 5.41) is 7.77. The predicted octanol–water partition coefficient (Wildman–Crippen LogP) is 2.95. The van der Waals surface area contributed by atoms with Crippen molar-refractivity contribution in [3.8, 4) is 0 Å². The van der Waals surface area contributed by atoms with Crippen molar-refractivity contribution in [2.24, 2.45) is 0 Å². The van der Waals surface area contributed by atoms with Crippen molar-refractivity contribution < 1.29 is 0 Å². The Kier molecular flexibility index (Phi) is 3.00. The second-order valence-corrected chi connectivity index (χ2v) is 4.85. The van der Waals surface area contributed by atoms with Crippen LogP contribution in [-0.4, -0.2) is 21.1 Å². The molecule has 0 unspecified atom stereocenters. The fourth-order valence-corrected chi connectivity index (χ4v) is 2.43. The maximum atomic E-state index is 4.44. The highest BCUT2D eigenvalue weighted by atomic mass is 15.3. The Morgan fingerprint density at radius 2 is 2.33 bits per heavy atom. The van der Waals surface area contributed by atoms with Gasteiger partial charge in [0, 0.05) is 24.4 Å². The lowest BCUT2D eigenvalue weighted by Crippen LogP contribution is -2.11. The molecule has 4 nitrogen and oxygen atoms in total. The van der Waals surface area contributed by atoms with E-state index in [4.69, 9.17) is 0 Å². The summed E-state index contributed by atoms with van der Waals surface area (Å²) in [6.45, 7) is 2.93. The number of rotatable bonds is 3. The Bertz CT molecular complexity index is 582. The van der Waals surface area contributed by atoms with Gasteiger partial charge in [-0.15, -0.1) is 0 Å². The van der Waals surface area contributed by atoms with Crippen molar-refractivity contribution in [3.63, 3.8) is 0 Å². The quantitative estimate of drug-likeness (QED) is 0.841. The lowest BCUT2D eigenvalue weighted by molar-refractivity contribution is 0.694. The van der Waals surface area contributed by atoms with Crippen LogP contribution < -0.4 is 5.32 Å². The van der Waals surface area contributed by atoms with Crippen molar-refractivity contribution in [2.75, 3.05) is 11.9 Å². The Morgan fingerprint density at radius 3 is 3.17 bits per heavy atom. The summed E-state index contributed by atoms with van der Waals surface area (Å²) in [4.78, 5) is 4.44. The number of aryl methyl sites for hydroxylation is 1. The van der Waals surface area contributed by atoms with Crippen molar-refractivity contribution >= 4 is 11.5 Å². The van der Waals surface area contributed by atoms with E-state index in [1.54, 1.807) is 6.20 Å². The first-order chi connectivity index (χ1) is 8.83. The van der Waals surface area contributed by atoms with E-state index in [0.717, 1.165) is 23.7 Å². The highest BCUT2D eigenvalue weighted by Crippen LogP contribution is 2.18. The Hall–Kier alpha value is -1.84. The van der Waals surface area contributed by atoms with Crippen LogP contribution in [-0.2, 0) is 0 Å². The largest absolute Gasteiger partial charge is 0.366 e. The van der Waals surface area contributed by atoms with Gasteiger partial charge in [-0.1, -0.05) is 11.6 Å². The summed E-state index contributed by atoms with van der Waals surface area (Å²) in [5.41, 5.74) is 3.43. The smallest absolute Gasteiger partial charge is 0.157 e. The van der Waals surface area contributed by atoms with E-state index in [1.807, 2.05) is 23.6 Å². The molecule has 94 valence electrons. The van der Waals surface area contributed by atoms with E-state index in [1.165, 1.54) is 31.3 Å². The molecule has 0 amide bonds. The summed E-state index contributed by atoms with van der Waals surface area (Å²) in [7, 11) is 0. The summed E-state index contributed by atoms with van der Waals surface area (Å²) < 4.78 is 1.86. The number of nitrogens with zero attached hydrogens (tertiary/aromatic N) is 3. The molecule has 0 aromatic carbocycles. The first-order valence-electron chi connectivity index (χ1n) is 6.56. The molecule has 0 fully saturated rings. The van der Waals surface area contributed by atoms with Crippen molar-refractivity contribution in [2.45, 2.75) is 32.6 Å². The number of nitrogens with one attached hydrogen (secondary N) is 1. The third kappa shape index (κ3) is 2.23. The minimum Gasteiger partial charge on any atom is -0.366 e. The second-order valence-electron chi connectivity index (χ2n) is 4.85. The van der Waals surface area contributed by atoms with Gasteiger partial charge < -0.3 is 5.32 Å². The average molecular weight is 242 g/mol. The standard InChI is InChI=1S/C14H18N4/c1-11-9-14(18-13(17-11)7-8-16-18)15-10-12-5-3-2-4-6-12/h5,7-9,15H,2-4,6,10H2,1H3. The molecular formula is C14H18N4. The molecule has 2 heterocycles. The van der Waals surface area contributed by atoms with Crippen molar-refractivity contribution in [1.29, 1.82) is 0 Å². The van der Waals surface area contributed by atoms with Crippen LogP contribution in [0.3, 0.4) is 0 Å². The summed E-state index contributed by atoms with van der Waals surface area (Å²) >= 11 is 0. The van der Waals surface area contributed by atoms with Crippen LogP contribution in [0.4, 0.5) is 5.82 Å². The molecular weight excluding hydrogens is 224 g/mol. The molecule has 0 bridgehead atoms. The zero-order valence-electron chi connectivity index (χ0n) is 10.7. The molecule has 0 spiro atoms. The molecule has 0 aliphatic heterocycles.